The summed E-state index contributed by atoms with van der Waals surface area (Å²) >= 11 is 6.10. The van der Waals surface area contributed by atoms with E-state index in [9.17, 15) is 14.4 Å². The first kappa shape index (κ1) is 21.2. The molecule has 27 heavy (non-hydrogen) atoms. The molecule has 148 valence electrons. The summed E-state index contributed by atoms with van der Waals surface area (Å²) in [6, 6.07) is 7.43. The Labute approximate surface area is 165 Å². The van der Waals surface area contributed by atoms with E-state index in [1.54, 1.807) is 17.9 Å². The Balaban J connectivity index is 2.16. The zero-order chi connectivity index (χ0) is 19.9. The third-order valence-corrected chi connectivity index (χ3v) is 5.02. The van der Waals surface area contributed by atoms with Gasteiger partial charge >= 0.3 is 5.97 Å². The summed E-state index contributed by atoms with van der Waals surface area (Å²) in [7, 11) is 0. The molecule has 1 fully saturated rings. The molecule has 0 aromatic heterocycles. The van der Waals surface area contributed by atoms with Gasteiger partial charge in [0.1, 0.15) is 0 Å². The quantitative estimate of drug-likeness (QED) is 0.721. The summed E-state index contributed by atoms with van der Waals surface area (Å²) in [5.41, 5.74) is 0.172. The van der Waals surface area contributed by atoms with Gasteiger partial charge in [-0.3, -0.25) is 14.4 Å². The molecule has 0 bridgehead atoms. The average molecular weight is 395 g/mol. The average Bonchev–Trinajstić information content (AvgIpc) is 2.61. The van der Waals surface area contributed by atoms with Crippen LogP contribution in [0.1, 0.15) is 38.7 Å². The molecule has 1 aliphatic rings. The number of hydrogen-bond acceptors (Lipinski definition) is 4. The number of nitrogens with one attached hydrogen (secondary N) is 1. The highest BCUT2D eigenvalue weighted by atomic mass is 35.5. The maximum Gasteiger partial charge on any atom is 0.314 e. The molecule has 1 aliphatic heterocycles. The maximum atomic E-state index is 12.8. The minimum absolute atomic E-state index is 0.0665. The second-order valence-corrected chi connectivity index (χ2v) is 7.40. The molecule has 0 spiro atoms. The highest BCUT2D eigenvalue weighted by molar-refractivity contribution is 6.30. The number of nitrogens with zero attached hydrogens (tertiary/aromatic N) is 1. The third-order valence-electron chi connectivity index (χ3n) is 4.78. The van der Waals surface area contributed by atoms with E-state index in [0.717, 1.165) is 12.0 Å². The lowest BCUT2D eigenvalue weighted by atomic mass is 9.75. The van der Waals surface area contributed by atoms with E-state index in [0.29, 0.717) is 44.1 Å². The number of halogens is 1. The van der Waals surface area contributed by atoms with E-state index in [1.807, 2.05) is 18.2 Å². The standard InChI is InChI=1S/C20H27ClN2O4/c1-3-27-19(26)20(13-16-6-4-7-17(21)12-16)9-5-11-23(14-20)18(25)8-10-22-15(2)24/h4,6-7,12H,3,5,8-11,13-14H2,1-2H3,(H,22,24)/t20-/m0/s1. The first-order valence-electron chi connectivity index (χ1n) is 9.30. The van der Waals surface area contributed by atoms with Crippen LogP contribution in [0.3, 0.4) is 0 Å². The van der Waals surface area contributed by atoms with Crippen LogP contribution in [0.2, 0.25) is 5.02 Å². The van der Waals surface area contributed by atoms with E-state index < -0.39 is 5.41 Å². The van der Waals surface area contributed by atoms with Crippen LogP contribution in [0.25, 0.3) is 0 Å². The number of piperidine rings is 1. The number of ether oxygens (including phenoxy) is 1. The minimum atomic E-state index is -0.775. The molecule has 1 N–H and O–H groups in total. The number of carbonyl (C=O) groups is 3. The van der Waals surface area contributed by atoms with Crippen LogP contribution in [0.5, 0.6) is 0 Å². The van der Waals surface area contributed by atoms with Crippen LogP contribution in [0.15, 0.2) is 24.3 Å². The zero-order valence-electron chi connectivity index (χ0n) is 15.9. The molecule has 0 radical (unpaired) electrons. The number of rotatable bonds is 7. The topological polar surface area (TPSA) is 75.7 Å². The Morgan fingerprint density at radius 2 is 2.11 bits per heavy atom. The van der Waals surface area contributed by atoms with Crippen molar-refractivity contribution in [2.45, 2.75) is 39.5 Å². The lowest BCUT2D eigenvalue weighted by molar-refractivity contribution is -0.160. The fraction of sp³-hybridized carbons (Fsp3) is 0.550. The summed E-state index contributed by atoms with van der Waals surface area (Å²) in [5, 5.41) is 3.25. The van der Waals surface area contributed by atoms with Crippen molar-refractivity contribution < 1.29 is 19.1 Å². The number of carbonyl (C=O) groups excluding carboxylic acids is 3. The van der Waals surface area contributed by atoms with Crippen molar-refractivity contribution in [2.75, 3.05) is 26.2 Å². The Bertz CT molecular complexity index is 694. The van der Waals surface area contributed by atoms with E-state index in [-0.39, 0.29) is 24.2 Å². The van der Waals surface area contributed by atoms with Crippen molar-refractivity contribution >= 4 is 29.4 Å². The predicted octanol–water partition coefficient (Wildman–Crippen LogP) is 2.58. The van der Waals surface area contributed by atoms with Crippen molar-refractivity contribution in [3.8, 4) is 0 Å². The molecule has 1 saturated heterocycles. The summed E-state index contributed by atoms with van der Waals surface area (Å²) in [6.45, 7) is 4.72. The Kier molecular flexibility index (Phi) is 7.66. The molecule has 2 rings (SSSR count). The molecule has 2 amide bonds. The van der Waals surface area contributed by atoms with Crippen LogP contribution in [-0.2, 0) is 25.5 Å². The molecule has 6 nitrogen and oxygen atoms in total. The summed E-state index contributed by atoms with van der Waals surface area (Å²) in [4.78, 5) is 38.1. The normalized spacial score (nSPS) is 19.4. The lowest BCUT2D eigenvalue weighted by Gasteiger charge is -2.41. The van der Waals surface area contributed by atoms with Crippen LogP contribution >= 0.6 is 11.6 Å². The summed E-state index contributed by atoms with van der Waals surface area (Å²) < 4.78 is 5.36. The smallest absolute Gasteiger partial charge is 0.314 e. The van der Waals surface area contributed by atoms with E-state index in [2.05, 4.69) is 5.32 Å². The highest BCUT2D eigenvalue weighted by Crippen LogP contribution is 2.36. The van der Waals surface area contributed by atoms with Gasteiger partial charge in [0.15, 0.2) is 0 Å². The second kappa shape index (κ2) is 9.74. The fourth-order valence-corrected chi connectivity index (χ4v) is 3.77. The zero-order valence-corrected chi connectivity index (χ0v) is 16.7. The molecule has 1 aromatic carbocycles. The first-order valence-corrected chi connectivity index (χ1v) is 9.68. The van der Waals surface area contributed by atoms with Crippen LogP contribution in [-0.4, -0.2) is 48.9 Å². The molecule has 1 aromatic rings. The second-order valence-electron chi connectivity index (χ2n) is 6.96. The predicted molar refractivity (Wildman–Crippen MR) is 103 cm³/mol. The van der Waals surface area contributed by atoms with Crippen molar-refractivity contribution in [2.24, 2.45) is 5.41 Å². The van der Waals surface area contributed by atoms with Gasteiger partial charge in [0.05, 0.1) is 12.0 Å². The molecule has 0 aliphatic carbocycles. The van der Waals surface area contributed by atoms with Crippen molar-refractivity contribution in [1.29, 1.82) is 0 Å². The SMILES string of the molecule is CCOC(=O)[C@]1(Cc2cccc(Cl)c2)CCCN(C(=O)CCNC(C)=O)C1. The van der Waals surface area contributed by atoms with Crippen LogP contribution < -0.4 is 5.32 Å². The van der Waals surface area contributed by atoms with Gasteiger partial charge in [-0.2, -0.15) is 0 Å². The molecular formula is C20H27ClN2O4. The number of likely N-dealkylation sites (tertiary alicyclic amines) is 1. The van der Waals surface area contributed by atoms with Gasteiger partial charge < -0.3 is 15.0 Å². The van der Waals surface area contributed by atoms with Gasteiger partial charge in [0, 0.05) is 38.0 Å². The molecule has 0 unspecified atom stereocenters. The minimum Gasteiger partial charge on any atom is -0.466 e. The number of benzene rings is 1. The van der Waals surface area contributed by atoms with E-state index >= 15 is 0 Å². The van der Waals surface area contributed by atoms with Gasteiger partial charge in [-0.25, -0.2) is 0 Å². The van der Waals surface area contributed by atoms with Crippen LogP contribution in [0.4, 0.5) is 0 Å². The van der Waals surface area contributed by atoms with Crippen molar-refractivity contribution in [1.82, 2.24) is 10.2 Å². The van der Waals surface area contributed by atoms with E-state index in [1.165, 1.54) is 6.92 Å². The summed E-state index contributed by atoms with van der Waals surface area (Å²) in [5.74, 6) is -0.504. The molecule has 1 heterocycles. The highest BCUT2D eigenvalue weighted by Gasteiger charge is 2.44. The molecular weight excluding hydrogens is 368 g/mol. The van der Waals surface area contributed by atoms with Gasteiger partial charge in [0.2, 0.25) is 11.8 Å². The summed E-state index contributed by atoms with van der Waals surface area (Å²) in [6.07, 6.45) is 2.08. The Morgan fingerprint density at radius 1 is 1.33 bits per heavy atom. The first-order chi connectivity index (χ1) is 12.9. The van der Waals surface area contributed by atoms with Crippen molar-refractivity contribution in [3.63, 3.8) is 0 Å². The lowest BCUT2D eigenvalue weighted by Crippen LogP contribution is -2.52. The fourth-order valence-electron chi connectivity index (χ4n) is 3.55. The Morgan fingerprint density at radius 3 is 2.78 bits per heavy atom. The van der Waals surface area contributed by atoms with Gasteiger partial charge in [0.25, 0.3) is 0 Å². The number of hydrogen-bond donors (Lipinski definition) is 1. The van der Waals surface area contributed by atoms with Gasteiger partial charge in [-0.05, 0) is 43.9 Å². The largest absolute Gasteiger partial charge is 0.466 e. The number of esters is 1. The van der Waals surface area contributed by atoms with E-state index in [4.69, 9.17) is 16.3 Å². The number of amides is 2. The van der Waals surface area contributed by atoms with Gasteiger partial charge in [-0.1, -0.05) is 23.7 Å². The van der Waals surface area contributed by atoms with Crippen LogP contribution in [0, 0.1) is 5.41 Å². The molecule has 1 atom stereocenters. The monoisotopic (exact) mass is 394 g/mol. The maximum absolute atomic E-state index is 12.8. The molecule has 0 saturated carbocycles. The van der Waals surface area contributed by atoms with Gasteiger partial charge in [-0.15, -0.1) is 0 Å². The third kappa shape index (κ3) is 5.96. The van der Waals surface area contributed by atoms with Crippen molar-refractivity contribution in [3.05, 3.63) is 34.9 Å². The molecule has 7 heteroatoms. The Hall–Kier alpha value is -2.08.